The van der Waals surface area contributed by atoms with Gasteiger partial charge in [-0.15, -0.1) is 0 Å². The SMILES string of the molecule is CCOC(CCCCC/C=C\CCCc1cc(PCl)c(C)c(C)c1C)OCC. The van der Waals surface area contributed by atoms with Crippen molar-refractivity contribution in [2.45, 2.75) is 92.3 Å². The summed E-state index contributed by atoms with van der Waals surface area (Å²) in [5.41, 5.74) is 5.69. The molecule has 0 aliphatic heterocycles. The molecule has 4 heteroatoms. The van der Waals surface area contributed by atoms with Crippen LogP contribution in [0, 0.1) is 20.8 Å². The fourth-order valence-electron chi connectivity index (χ4n) is 3.46. The molecular formula is C24H40ClO2P. The highest BCUT2D eigenvalue weighted by molar-refractivity contribution is 7.75. The zero-order chi connectivity index (χ0) is 20.8. The maximum Gasteiger partial charge on any atom is 0.157 e. The molecule has 1 rings (SSSR count). The lowest BCUT2D eigenvalue weighted by Crippen LogP contribution is -2.17. The number of halogens is 1. The zero-order valence-electron chi connectivity index (χ0n) is 18.6. The van der Waals surface area contributed by atoms with Crippen molar-refractivity contribution in [2.24, 2.45) is 0 Å². The molecule has 1 atom stereocenters. The van der Waals surface area contributed by atoms with E-state index < -0.39 is 0 Å². The van der Waals surface area contributed by atoms with Crippen molar-refractivity contribution < 1.29 is 9.47 Å². The second-order valence-corrected chi connectivity index (χ2v) is 8.69. The third-order valence-electron chi connectivity index (χ3n) is 5.43. The van der Waals surface area contributed by atoms with Crippen molar-refractivity contribution in [3.8, 4) is 0 Å². The predicted molar refractivity (Wildman–Crippen MR) is 127 cm³/mol. The lowest BCUT2D eigenvalue weighted by atomic mass is 9.95. The maximum atomic E-state index is 6.13. The molecule has 0 saturated heterocycles. The Kier molecular flexibility index (Phi) is 14.1. The summed E-state index contributed by atoms with van der Waals surface area (Å²) in [4.78, 5) is 0. The topological polar surface area (TPSA) is 18.5 Å². The van der Waals surface area contributed by atoms with E-state index in [4.69, 9.17) is 20.7 Å². The Hall–Kier alpha value is -0.400. The maximum absolute atomic E-state index is 6.13. The molecule has 0 aromatic heterocycles. The Balaban J connectivity index is 2.20. The van der Waals surface area contributed by atoms with Crippen LogP contribution in [0.4, 0.5) is 0 Å². The molecule has 0 fully saturated rings. The van der Waals surface area contributed by atoms with Crippen LogP contribution >= 0.6 is 19.2 Å². The first-order chi connectivity index (χ1) is 13.5. The van der Waals surface area contributed by atoms with E-state index >= 15 is 0 Å². The number of unbranched alkanes of at least 4 members (excludes halogenated alkanes) is 4. The van der Waals surface area contributed by atoms with Gasteiger partial charge in [0, 0.05) is 21.1 Å². The number of rotatable bonds is 15. The van der Waals surface area contributed by atoms with Gasteiger partial charge in [-0.3, -0.25) is 0 Å². The average Bonchev–Trinajstić information content (AvgIpc) is 2.69. The standard InChI is InChI=1S/C24H40ClO2P/c1-6-26-24(27-7-2)17-15-13-11-9-8-10-12-14-16-22-18-23(28-25)21(5)19(3)20(22)4/h8,10,18,24,28H,6-7,9,11-17H2,1-5H3/b10-8-. The molecule has 160 valence electrons. The fourth-order valence-corrected chi connectivity index (χ4v) is 4.60. The Labute approximate surface area is 180 Å². The van der Waals surface area contributed by atoms with Gasteiger partial charge < -0.3 is 9.47 Å². The van der Waals surface area contributed by atoms with E-state index in [-0.39, 0.29) is 6.29 Å². The molecule has 28 heavy (non-hydrogen) atoms. The van der Waals surface area contributed by atoms with Gasteiger partial charge in [0.25, 0.3) is 0 Å². The molecule has 0 aliphatic rings. The van der Waals surface area contributed by atoms with Gasteiger partial charge in [-0.25, -0.2) is 0 Å². The molecule has 0 spiro atoms. The fraction of sp³-hybridized carbons (Fsp3) is 0.667. The number of hydrogen-bond acceptors (Lipinski definition) is 2. The quantitative estimate of drug-likeness (QED) is 0.127. The van der Waals surface area contributed by atoms with E-state index in [9.17, 15) is 0 Å². The number of allylic oxidation sites excluding steroid dienone is 2. The third kappa shape index (κ3) is 9.40. The van der Waals surface area contributed by atoms with E-state index in [2.05, 4.69) is 39.0 Å². The van der Waals surface area contributed by atoms with Crippen LogP contribution in [0.1, 0.15) is 81.0 Å². The number of hydrogen-bond donors (Lipinski definition) is 0. The summed E-state index contributed by atoms with van der Waals surface area (Å²) in [5, 5.41) is 1.31. The number of ether oxygens (including phenoxy) is 2. The van der Waals surface area contributed by atoms with Crippen LogP contribution in [-0.2, 0) is 15.9 Å². The van der Waals surface area contributed by atoms with Crippen LogP contribution < -0.4 is 5.30 Å². The van der Waals surface area contributed by atoms with E-state index in [1.807, 2.05) is 13.8 Å². The normalized spacial score (nSPS) is 12.2. The highest BCUT2D eigenvalue weighted by Crippen LogP contribution is 2.25. The summed E-state index contributed by atoms with van der Waals surface area (Å²) in [6.45, 7) is 12.2. The van der Waals surface area contributed by atoms with Crippen molar-refractivity contribution in [1.29, 1.82) is 0 Å². The third-order valence-corrected chi connectivity index (χ3v) is 6.76. The van der Waals surface area contributed by atoms with E-state index in [1.54, 1.807) is 0 Å². The second kappa shape index (κ2) is 15.4. The summed E-state index contributed by atoms with van der Waals surface area (Å²) < 4.78 is 11.2. The summed E-state index contributed by atoms with van der Waals surface area (Å²) in [7, 11) is 0.363. The minimum Gasteiger partial charge on any atom is -0.353 e. The van der Waals surface area contributed by atoms with Crippen molar-refractivity contribution in [3.05, 3.63) is 40.5 Å². The molecule has 0 bridgehead atoms. The van der Waals surface area contributed by atoms with Gasteiger partial charge in [-0.1, -0.05) is 29.8 Å². The largest absolute Gasteiger partial charge is 0.353 e. The lowest BCUT2D eigenvalue weighted by Gasteiger charge is -2.16. The molecule has 1 aromatic rings. The Morgan fingerprint density at radius 2 is 1.54 bits per heavy atom. The van der Waals surface area contributed by atoms with Gasteiger partial charge in [0.1, 0.15) is 0 Å². The minimum absolute atomic E-state index is 0.0146. The lowest BCUT2D eigenvalue weighted by molar-refractivity contribution is -0.140. The van der Waals surface area contributed by atoms with Gasteiger partial charge in [0.2, 0.25) is 0 Å². The van der Waals surface area contributed by atoms with Gasteiger partial charge in [0.15, 0.2) is 6.29 Å². The van der Waals surface area contributed by atoms with Crippen LogP contribution in [0.25, 0.3) is 0 Å². The van der Waals surface area contributed by atoms with Crippen LogP contribution in [-0.4, -0.2) is 19.5 Å². The first-order valence-electron chi connectivity index (χ1n) is 10.9. The zero-order valence-corrected chi connectivity index (χ0v) is 20.3. The van der Waals surface area contributed by atoms with Gasteiger partial charge in [-0.05, 0) is 113 Å². The molecule has 1 aromatic carbocycles. The molecule has 0 aliphatic carbocycles. The number of aryl methyl sites for hydroxylation is 1. The van der Waals surface area contributed by atoms with Crippen molar-refractivity contribution >= 4 is 24.5 Å². The molecular weight excluding hydrogens is 387 g/mol. The van der Waals surface area contributed by atoms with Gasteiger partial charge in [-0.2, -0.15) is 0 Å². The smallest absolute Gasteiger partial charge is 0.157 e. The first-order valence-corrected chi connectivity index (χ1v) is 12.9. The van der Waals surface area contributed by atoms with Crippen molar-refractivity contribution in [2.75, 3.05) is 13.2 Å². The molecule has 2 nitrogen and oxygen atoms in total. The van der Waals surface area contributed by atoms with Crippen LogP contribution in [0.15, 0.2) is 18.2 Å². The first kappa shape index (κ1) is 25.6. The Morgan fingerprint density at radius 1 is 0.893 bits per heavy atom. The van der Waals surface area contributed by atoms with Gasteiger partial charge in [0.05, 0.1) is 0 Å². The number of benzene rings is 1. The average molecular weight is 427 g/mol. The van der Waals surface area contributed by atoms with Crippen LogP contribution in [0.3, 0.4) is 0 Å². The molecule has 0 amide bonds. The summed E-state index contributed by atoms with van der Waals surface area (Å²) in [6.07, 6.45) is 14.0. The Bertz CT molecular complexity index is 580. The summed E-state index contributed by atoms with van der Waals surface area (Å²) in [6, 6.07) is 2.32. The summed E-state index contributed by atoms with van der Waals surface area (Å²) in [5.74, 6) is 0. The monoisotopic (exact) mass is 426 g/mol. The van der Waals surface area contributed by atoms with E-state index in [0.717, 1.165) is 32.5 Å². The summed E-state index contributed by atoms with van der Waals surface area (Å²) >= 11 is 6.13. The van der Waals surface area contributed by atoms with Crippen LogP contribution in [0.5, 0.6) is 0 Å². The molecule has 0 N–H and O–H groups in total. The molecule has 0 radical (unpaired) electrons. The van der Waals surface area contributed by atoms with E-state index in [0.29, 0.717) is 7.93 Å². The van der Waals surface area contributed by atoms with Crippen LogP contribution in [0.2, 0.25) is 0 Å². The molecule has 0 heterocycles. The molecule has 1 unspecified atom stereocenters. The highest BCUT2D eigenvalue weighted by Gasteiger charge is 2.09. The van der Waals surface area contributed by atoms with Crippen molar-refractivity contribution in [3.63, 3.8) is 0 Å². The van der Waals surface area contributed by atoms with E-state index in [1.165, 1.54) is 59.7 Å². The minimum atomic E-state index is -0.0146. The highest BCUT2D eigenvalue weighted by atomic mass is 35.7. The van der Waals surface area contributed by atoms with Crippen molar-refractivity contribution in [1.82, 2.24) is 0 Å². The predicted octanol–water partition coefficient (Wildman–Crippen LogP) is 7.30. The van der Waals surface area contributed by atoms with Gasteiger partial charge >= 0.3 is 0 Å². The second-order valence-electron chi connectivity index (χ2n) is 7.39. The molecule has 0 saturated carbocycles. The Morgan fingerprint density at radius 3 is 2.14 bits per heavy atom.